The zero-order valence-corrected chi connectivity index (χ0v) is 19.4. The zero-order chi connectivity index (χ0) is 24.2. The number of carbonyl (C=O) groups is 1. The number of benzene rings is 2. The van der Waals surface area contributed by atoms with Crippen LogP contribution in [0.5, 0.6) is 5.75 Å². The van der Waals surface area contributed by atoms with Crippen LogP contribution in [0.15, 0.2) is 63.7 Å². The number of hydrogen-bond donors (Lipinski definition) is 0. The molecule has 0 radical (unpaired) electrons. The molecule has 0 N–H and O–H groups in total. The number of halogens is 2. The summed E-state index contributed by atoms with van der Waals surface area (Å²) in [6, 6.07) is 13.5. The first-order valence-corrected chi connectivity index (χ1v) is 11.2. The van der Waals surface area contributed by atoms with Crippen molar-refractivity contribution in [2.45, 2.75) is 19.3 Å². The Balaban J connectivity index is 1.62. The summed E-state index contributed by atoms with van der Waals surface area (Å²) in [6.45, 7) is -1.22. The van der Waals surface area contributed by atoms with Gasteiger partial charge in [-0.2, -0.15) is 13.8 Å². The van der Waals surface area contributed by atoms with E-state index in [1.54, 1.807) is 13.0 Å². The average Bonchev–Trinajstić information content (AvgIpc) is 3.35. The van der Waals surface area contributed by atoms with E-state index >= 15 is 0 Å². The number of amidine groups is 1. The Morgan fingerprint density at radius 2 is 1.85 bits per heavy atom. The first kappa shape index (κ1) is 23.4. The quantitative estimate of drug-likeness (QED) is 0.448. The molecule has 0 saturated heterocycles. The summed E-state index contributed by atoms with van der Waals surface area (Å²) in [7, 11) is 3.89. The summed E-state index contributed by atoms with van der Waals surface area (Å²) in [5.74, 6) is 0.863. The monoisotopic (exact) mass is 485 g/mol. The molecule has 0 fully saturated rings. The molecule has 0 atom stereocenters. The predicted molar refractivity (Wildman–Crippen MR) is 127 cm³/mol. The molecule has 1 amide bonds. The Morgan fingerprint density at radius 3 is 2.44 bits per heavy atom. The Labute approximate surface area is 198 Å². The van der Waals surface area contributed by atoms with Gasteiger partial charge in [-0.05, 0) is 55.0 Å². The molecule has 0 aliphatic carbocycles. The summed E-state index contributed by atoms with van der Waals surface area (Å²) in [5, 5.41) is 4.17. The Hall–Kier alpha value is -3.73. The minimum atomic E-state index is -2.93. The number of carbonyl (C=O) groups excluding carboxylic acids is 1. The lowest BCUT2D eigenvalue weighted by atomic mass is 10.1. The van der Waals surface area contributed by atoms with Gasteiger partial charge in [0.2, 0.25) is 5.89 Å². The predicted octanol–water partition coefficient (Wildman–Crippen LogP) is 4.72. The molecule has 0 unspecified atom stereocenters. The molecule has 11 heteroatoms. The number of hydrogen-bond acceptors (Lipinski definition) is 8. The number of amides is 1. The number of ether oxygens (including phenoxy) is 1. The van der Waals surface area contributed by atoms with Crippen molar-refractivity contribution >= 4 is 40.3 Å². The first-order valence-electron chi connectivity index (χ1n) is 10.2. The molecule has 3 aromatic rings. The van der Waals surface area contributed by atoms with Crippen molar-refractivity contribution in [3.8, 4) is 5.75 Å². The molecule has 34 heavy (non-hydrogen) atoms. The molecule has 0 bridgehead atoms. The van der Waals surface area contributed by atoms with E-state index in [0.29, 0.717) is 28.3 Å². The second kappa shape index (κ2) is 10.0. The smallest absolute Gasteiger partial charge is 0.387 e. The highest BCUT2D eigenvalue weighted by atomic mass is 32.2. The normalized spacial score (nSPS) is 14.8. The van der Waals surface area contributed by atoms with E-state index in [1.165, 1.54) is 40.9 Å². The molecule has 176 valence electrons. The second-order valence-electron chi connectivity index (χ2n) is 7.45. The van der Waals surface area contributed by atoms with E-state index in [0.717, 1.165) is 11.3 Å². The number of alkyl halides is 2. The molecule has 2 heterocycles. The lowest BCUT2D eigenvalue weighted by Gasteiger charge is -2.18. The summed E-state index contributed by atoms with van der Waals surface area (Å²) in [6.07, 6.45) is 1.70. The third kappa shape index (κ3) is 5.42. The van der Waals surface area contributed by atoms with Crippen molar-refractivity contribution in [1.82, 2.24) is 10.1 Å². The highest BCUT2D eigenvalue weighted by Gasteiger charge is 2.32. The molecule has 2 aromatic carbocycles. The maximum atomic E-state index is 13.3. The molecular formula is C23H21F2N5O3S. The molecule has 1 aliphatic rings. The zero-order valence-electron chi connectivity index (χ0n) is 18.6. The van der Waals surface area contributed by atoms with Crippen LogP contribution in [0, 0.1) is 6.92 Å². The van der Waals surface area contributed by atoms with Crippen LogP contribution >= 0.6 is 11.8 Å². The number of thioether (sulfide) groups is 1. The third-order valence-corrected chi connectivity index (χ3v) is 5.68. The first-order chi connectivity index (χ1) is 16.3. The van der Waals surface area contributed by atoms with Gasteiger partial charge in [-0.3, -0.25) is 9.69 Å². The number of aromatic nitrogens is 2. The van der Waals surface area contributed by atoms with Crippen LogP contribution in [-0.4, -0.2) is 41.9 Å². The van der Waals surface area contributed by atoms with Crippen LogP contribution in [-0.2, 0) is 10.5 Å². The number of aliphatic imine (C=N–C) groups is 1. The van der Waals surface area contributed by atoms with Gasteiger partial charge in [0.15, 0.2) is 11.0 Å². The maximum absolute atomic E-state index is 13.3. The van der Waals surface area contributed by atoms with Gasteiger partial charge >= 0.3 is 6.61 Å². The SMILES string of the molecule is Cc1noc(CSC2=N/C(=C/c3ccc(N(C)C)cc3)C(=O)N2c2ccc(OC(F)F)cc2)n1. The van der Waals surface area contributed by atoms with E-state index < -0.39 is 6.61 Å². The molecule has 8 nitrogen and oxygen atoms in total. The molecule has 1 aromatic heterocycles. The van der Waals surface area contributed by atoms with Crippen molar-refractivity contribution in [2.75, 3.05) is 23.9 Å². The van der Waals surface area contributed by atoms with E-state index in [-0.39, 0.29) is 17.4 Å². The minimum absolute atomic E-state index is 0.00498. The third-order valence-electron chi connectivity index (χ3n) is 4.76. The number of nitrogens with zero attached hydrogens (tertiary/aromatic N) is 5. The number of anilines is 2. The lowest BCUT2D eigenvalue weighted by Crippen LogP contribution is -2.30. The largest absolute Gasteiger partial charge is 0.435 e. The van der Waals surface area contributed by atoms with Crippen LogP contribution in [0.3, 0.4) is 0 Å². The highest BCUT2D eigenvalue weighted by Crippen LogP contribution is 2.32. The van der Waals surface area contributed by atoms with E-state index in [2.05, 4.69) is 19.9 Å². The lowest BCUT2D eigenvalue weighted by molar-refractivity contribution is -0.113. The number of rotatable bonds is 7. The maximum Gasteiger partial charge on any atom is 0.387 e. The fourth-order valence-electron chi connectivity index (χ4n) is 3.15. The highest BCUT2D eigenvalue weighted by molar-refractivity contribution is 8.13. The van der Waals surface area contributed by atoms with Gasteiger partial charge in [-0.15, -0.1) is 0 Å². The van der Waals surface area contributed by atoms with Crippen LogP contribution in [0.1, 0.15) is 17.3 Å². The average molecular weight is 486 g/mol. The van der Waals surface area contributed by atoms with Gasteiger partial charge in [0.25, 0.3) is 5.91 Å². The fraction of sp³-hybridized carbons (Fsp3) is 0.217. The van der Waals surface area contributed by atoms with Gasteiger partial charge in [0.1, 0.15) is 11.4 Å². The van der Waals surface area contributed by atoms with Crippen molar-refractivity contribution < 1.29 is 22.8 Å². The van der Waals surface area contributed by atoms with Gasteiger partial charge in [-0.1, -0.05) is 29.1 Å². The fourth-order valence-corrected chi connectivity index (χ4v) is 4.00. The summed E-state index contributed by atoms with van der Waals surface area (Å²) >= 11 is 1.25. The van der Waals surface area contributed by atoms with Crippen LogP contribution in [0.4, 0.5) is 20.2 Å². The Morgan fingerprint density at radius 1 is 1.15 bits per heavy atom. The molecular weight excluding hydrogens is 464 g/mol. The van der Waals surface area contributed by atoms with Crippen molar-refractivity contribution in [1.29, 1.82) is 0 Å². The van der Waals surface area contributed by atoms with Crippen molar-refractivity contribution in [3.63, 3.8) is 0 Å². The minimum Gasteiger partial charge on any atom is -0.435 e. The van der Waals surface area contributed by atoms with E-state index in [4.69, 9.17) is 4.52 Å². The van der Waals surface area contributed by atoms with Gasteiger partial charge in [0.05, 0.1) is 11.4 Å². The molecule has 0 spiro atoms. The molecule has 1 aliphatic heterocycles. The van der Waals surface area contributed by atoms with E-state index in [1.807, 2.05) is 43.3 Å². The van der Waals surface area contributed by atoms with Gasteiger partial charge in [0, 0.05) is 19.8 Å². The summed E-state index contributed by atoms with van der Waals surface area (Å²) in [4.78, 5) is 25.4. The topological polar surface area (TPSA) is 84.1 Å². The van der Waals surface area contributed by atoms with Gasteiger partial charge < -0.3 is 14.2 Å². The second-order valence-corrected chi connectivity index (χ2v) is 8.39. The van der Waals surface area contributed by atoms with Crippen molar-refractivity contribution in [2.24, 2.45) is 4.99 Å². The van der Waals surface area contributed by atoms with Crippen LogP contribution in [0.2, 0.25) is 0 Å². The standard InChI is InChI=1S/C23H21F2N5O3S/c1-14-26-20(33-28-14)13-34-23-27-19(12-15-4-6-16(7-5-15)29(2)3)21(31)30(23)17-8-10-18(11-9-17)32-22(24)25/h4-12,22H,13H2,1-3H3/b19-12+. The van der Waals surface area contributed by atoms with Crippen LogP contribution < -0.4 is 14.5 Å². The number of aryl methyl sites for hydroxylation is 1. The molecule has 0 saturated carbocycles. The summed E-state index contributed by atoms with van der Waals surface area (Å²) < 4.78 is 34.6. The van der Waals surface area contributed by atoms with Crippen molar-refractivity contribution in [3.05, 3.63) is 71.5 Å². The molecule has 4 rings (SSSR count). The Bertz CT molecular complexity index is 1220. The van der Waals surface area contributed by atoms with E-state index in [9.17, 15) is 13.6 Å². The Kier molecular flexibility index (Phi) is 6.92. The summed E-state index contributed by atoms with van der Waals surface area (Å²) in [5.41, 5.74) is 2.56. The van der Waals surface area contributed by atoms with Crippen LogP contribution in [0.25, 0.3) is 6.08 Å². The van der Waals surface area contributed by atoms with Gasteiger partial charge in [-0.25, -0.2) is 4.99 Å².